The zero-order valence-corrected chi connectivity index (χ0v) is 6.79. The number of nitrogens with one attached hydrogen (secondary N) is 2. The first-order valence-electron chi connectivity index (χ1n) is 3.72. The molecule has 0 unspecified atom stereocenters. The van der Waals surface area contributed by atoms with Crippen molar-refractivity contribution in [3.05, 3.63) is 17.5 Å². The molecule has 5 heteroatoms. The van der Waals surface area contributed by atoms with E-state index in [-0.39, 0.29) is 5.69 Å². The van der Waals surface area contributed by atoms with Gasteiger partial charge in [-0.1, -0.05) is 6.92 Å². The Bertz CT molecular complexity index is 269. The van der Waals surface area contributed by atoms with Crippen LogP contribution in [0.4, 0.5) is 0 Å². The van der Waals surface area contributed by atoms with Crippen LogP contribution in [-0.4, -0.2) is 27.8 Å². The summed E-state index contributed by atoms with van der Waals surface area (Å²) >= 11 is 0. The van der Waals surface area contributed by atoms with E-state index in [1.165, 1.54) is 6.07 Å². The lowest BCUT2D eigenvalue weighted by Crippen LogP contribution is -2.11. The summed E-state index contributed by atoms with van der Waals surface area (Å²) in [5.41, 5.74) is 0.845. The molecule has 0 spiro atoms. The van der Waals surface area contributed by atoms with E-state index in [1.54, 1.807) is 0 Å². The molecule has 0 saturated carbocycles. The van der Waals surface area contributed by atoms with Gasteiger partial charge in [-0.2, -0.15) is 5.10 Å². The Balaban J connectivity index is 2.58. The van der Waals surface area contributed by atoms with Crippen LogP contribution < -0.4 is 5.32 Å². The van der Waals surface area contributed by atoms with E-state index in [0.717, 1.165) is 12.2 Å². The molecule has 0 aromatic carbocycles. The first-order valence-corrected chi connectivity index (χ1v) is 3.72. The van der Waals surface area contributed by atoms with Crippen LogP contribution >= 0.6 is 0 Å². The molecule has 66 valence electrons. The van der Waals surface area contributed by atoms with Crippen molar-refractivity contribution in [2.24, 2.45) is 0 Å². The summed E-state index contributed by atoms with van der Waals surface area (Å²) in [6.07, 6.45) is 0. The first kappa shape index (κ1) is 8.73. The maximum atomic E-state index is 10.4. The third-order valence-corrected chi connectivity index (χ3v) is 1.42. The molecule has 0 saturated heterocycles. The smallest absolute Gasteiger partial charge is 0.356 e. The third kappa shape index (κ3) is 2.06. The Labute approximate surface area is 69.8 Å². The van der Waals surface area contributed by atoms with E-state index < -0.39 is 5.97 Å². The predicted octanol–water partition coefficient (Wildman–Crippen LogP) is 0.217. The average molecular weight is 169 g/mol. The first-order chi connectivity index (χ1) is 5.74. The minimum Gasteiger partial charge on any atom is -0.476 e. The highest BCUT2D eigenvalue weighted by atomic mass is 16.4. The van der Waals surface area contributed by atoms with E-state index in [1.807, 2.05) is 6.92 Å². The molecule has 0 bridgehead atoms. The summed E-state index contributed by atoms with van der Waals surface area (Å²) in [4.78, 5) is 10.4. The molecule has 1 aromatic heterocycles. The number of aromatic nitrogens is 2. The third-order valence-electron chi connectivity index (χ3n) is 1.42. The standard InChI is InChI=1S/C7H11N3O2/c1-2-8-4-5-3-6(7(11)12)10-9-5/h3,8H,2,4H2,1H3,(H,9,10)(H,11,12). The second-order valence-electron chi connectivity index (χ2n) is 2.36. The molecule has 5 nitrogen and oxygen atoms in total. The largest absolute Gasteiger partial charge is 0.476 e. The minimum absolute atomic E-state index is 0.0582. The maximum absolute atomic E-state index is 10.4. The summed E-state index contributed by atoms with van der Waals surface area (Å²) in [5, 5.41) is 17.8. The van der Waals surface area contributed by atoms with Gasteiger partial charge in [0.05, 0.1) is 0 Å². The monoisotopic (exact) mass is 169 g/mol. The number of H-pyrrole nitrogens is 1. The van der Waals surface area contributed by atoms with Crippen LogP contribution in [0, 0.1) is 0 Å². The van der Waals surface area contributed by atoms with Crippen LogP contribution in [0.5, 0.6) is 0 Å². The maximum Gasteiger partial charge on any atom is 0.356 e. The number of rotatable bonds is 4. The van der Waals surface area contributed by atoms with Gasteiger partial charge in [0.2, 0.25) is 0 Å². The van der Waals surface area contributed by atoms with Crippen molar-refractivity contribution >= 4 is 5.97 Å². The van der Waals surface area contributed by atoms with Crippen LogP contribution in [0.1, 0.15) is 23.1 Å². The number of aromatic amines is 1. The molecule has 0 aliphatic heterocycles. The number of carboxylic acid groups (broad SMARTS) is 1. The van der Waals surface area contributed by atoms with E-state index in [2.05, 4.69) is 15.5 Å². The fourth-order valence-electron chi connectivity index (χ4n) is 0.821. The van der Waals surface area contributed by atoms with Gasteiger partial charge in [-0.25, -0.2) is 4.79 Å². The quantitative estimate of drug-likeness (QED) is 0.602. The lowest BCUT2D eigenvalue weighted by Gasteiger charge is -1.94. The predicted molar refractivity (Wildman–Crippen MR) is 42.9 cm³/mol. The topological polar surface area (TPSA) is 78.0 Å². The van der Waals surface area contributed by atoms with E-state index >= 15 is 0 Å². The molecule has 3 N–H and O–H groups in total. The van der Waals surface area contributed by atoms with Crippen molar-refractivity contribution in [3.8, 4) is 0 Å². The lowest BCUT2D eigenvalue weighted by molar-refractivity contribution is 0.0690. The zero-order chi connectivity index (χ0) is 8.97. The Morgan fingerprint density at radius 2 is 2.58 bits per heavy atom. The van der Waals surface area contributed by atoms with Gasteiger partial charge in [-0.3, -0.25) is 5.10 Å². The van der Waals surface area contributed by atoms with Crippen molar-refractivity contribution in [2.75, 3.05) is 6.54 Å². The molecule has 0 aliphatic rings. The average Bonchev–Trinajstić information content (AvgIpc) is 2.48. The van der Waals surface area contributed by atoms with Crippen molar-refractivity contribution in [2.45, 2.75) is 13.5 Å². The van der Waals surface area contributed by atoms with Crippen LogP contribution in [0.25, 0.3) is 0 Å². The molecule has 0 fully saturated rings. The summed E-state index contributed by atoms with van der Waals surface area (Å²) in [7, 11) is 0. The van der Waals surface area contributed by atoms with Gasteiger partial charge in [-0.05, 0) is 12.6 Å². The van der Waals surface area contributed by atoms with Gasteiger partial charge in [0.25, 0.3) is 0 Å². The highest BCUT2D eigenvalue weighted by Crippen LogP contribution is 1.98. The minimum atomic E-state index is -1.01. The van der Waals surface area contributed by atoms with E-state index in [0.29, 0.717) is 6.54 Å². The highest BCUT2D eigenvalue weighted by Gasteiger charge is 2.06. The molecule has 0 amide bonds. The molecule has 1 rings (SSSR count). The second kappa shape index (κ2) is 3.87. The Kier molecular flexibility index (Phi) is 2.82. The van der Waals surface area contributed by atoms with Crippen LogP contribution in [0.2, 0.25) is 0 Å². The second-order valence-corrected chi connectivity index (χ2v) is 2.36. The van der Waals surface area contributed by atoms with E-state index in [9.17, 15) is 4.79 Å². The van der Waals surface area contributed by atoms with Crippen molar-refractivity contribution in [1.29, 1.82) is 0 Å². The van der Waals surface area contributed by atoms with Crippen molar-refractivity contribution < 1.29 is 9.90 Å². The molecule has 0 atom stereocenters. The number of carbonyl (C=O) groups is 1. The van der Waals surface area contributed by atoms with Gasteiger partial charge in [0, 0.05) is 12.2 Å². The van der Waals surface area contributed by atoms with Gasteiger partial charge >= 0.3 is 5.97 Å². The van der Waals surface area contributed by atoms with Crippen molar-refractivity contribution in [3.63, 3.8) is 0 Å². The normalized spacial score (nSPS) is 10.1. The van der Waals surface area contributed by atoms with Gasteiger partial charge in [0.1, 0.15) is 0 Å². The summed E-state index contributed by atoms with van der Waals surface area (Å²) in [5.74, 6) is -1.01. The van der Waals surface area contributed by atoms with Crippen LogP contribution in [0.3, 0.4) is 0 Å². The van der Waals surface area contributed by atoms with Crippen LogP contribution in [-0.2, 0) is 6.54 Å². The number of nitrogens with zero attached hydrogens (tertiary/aromatic N) is 1. The summed E-state index contributed by atoms with van der Waals surface area (Å²) in [6, 6.07) is 1.52. The molecule has 1 heterocycles. The molecule has 0 aliphatic carbocycles. The number of hydrogen-bond acceptors (Lipinski definition) is 3. The zero-order valence-electron chi connectivity index (χ0n) is 6.79. The van der Waals surface area contributed by atoms with Crippen LogP contribution in [0.15, 0.2) is 6.07 Å². The molecular formula is C7H11N3O2. The molecule has 1 aromatic rings. The summed E-state index contributed by atoms with van der Waals surface area (Å²) < 4.78 is 0. The lowest BCUT2D eigenvalue weighted by atomic mass is 10.3. The molecule has 0 radical (unpaired) electrons. The number of hydrogen-bond donors (Lipinski definition) is 3. The highest BCUT2D eigenvalue weighted by molar-refractivity contribution is 5.85. The van der Waals surface area contributed by atoms with E-state index in [4.69, 9.17) is 5.11 Å². The number of carboxylic acids is 1. The van der Waals surface area contributed by atoms with Crippen molar-refractivity contribution in [1.82, 2.24) is 15.5 Å². The van der Waals surface area contributed by atoms with Gasteiger partial charge < -0.3 is 10.4 Å². The molecular weight excluding hydrogens is 158 g/mol. The SMILES string of the molecule is CCNCc1cc(C(=O)O)n[nH]1. The Morgan fingerprint density at radius 3 is 3.08 bits per heavy atom. The van der Waals surface area contributed by atoms with Gasteiger partial charge in [0.15, 0.2) is 5.69 Å². The molecule has 12 heavy (non-hydrogen) atoms. The van der Waals surface area contributed by atoms with Gasteiger partial charge in [-0.15, -0.1) is 0 Å². The fraction of sp³-hybridized carbons (Fsp3) is 0.429. The Hall–Kier alpha value is -1.36. The fourth-order valence-corrected chi connectivity index (χ4v) is 0.821. The Morgan fingerprint density at radius 1 is 1.83 bits per heavy atom. The summed E-state index contributed by atoms with van der Waals surface area (Å²) in [6.45, 7) is 3.45. The number of aromatic carboxylic acids is 1.